The number of aromatic nitrogens is 3. The SMILES string of the molecule is CCc1nc(CC)n(CCC(N)CO)n1. The Bertz CT molecular complexity index is 298. The van der Waals surface area contributed by atoms with Gasteiger partial charge in [-0.1, -0.05) is 13.8 Å². The molecule has 1 atom stereocenters. The van der Waals surface area contributed by atoms with Gasteiger partial charge >= 0.3 is 0 Å². The van der Waals surface area contributed by atoms with Gasteiger partial charge in [0.2, 0.25) is 0 Å². The Kier molecular flexibility index (Phi) is 4.71. The summed E-state index contributed by atoms with van der Waals surface area (Å²) in [5.41, 5.74) is 5.64. The topological polar surface area (TPSA) is 77.0 Å². The largest absolute Gasteiger partial charge is 0.395 e. The highest BCUT2D eigenvalue weighted by Crippen LogP contribution is 2.02. The van der Waals surface area contributed by atoms with Crippen LogP contribution in [0, 0.1) is 0 Å². The van der Waals surface area contributed by atoms with Gasteiger partial charge in [-0.05, 0) is 6.42 Å². The lowest BCUT2D eigenvalue weighted by atomic mass is 10.2. The predicted octanol–water partition coefficient (Wildman–Crippen LogP) is 0.113. The van der Waals surface area contributed by atoms with Gasteiger partial charge in [-0.3, -0.25) is 0 Å². The fourth-order valence-electron chi connectivity index (χ4n) is 1.40. The van der Waals surface area contributed by atoms with Crippen molar-refractivity contribution in [2.45, 2.75) is 45.7 Å². The molecule has 3 N–H and O–H groups in total. The van der Waals surface area contributed by atoms with Crippen LogP contribution in [0.1, 0.15) is 31.9 Å². The number of aryl methyl sites for hydroxylation is 3. The minimum Gasteiger partial charge on any atom is -0.395 e. The van der Waals surface area contributed by atoms with Gasteiger partial charge in [0.05, 0.1) is 6.61 Å². The Morgan fingerprint density at radius 2 is 2.13 bits per heavy atom. The molecule has 5 nitrogen and oxygen atoms in total. The van der Waals surface area contributed by atoms with E-state index >= 15 is 0 Å². The van der Waals surface area contributed by atoms with Gasteiger partial charge in [0, 0.05) is 25.4 Å². The second kappa shape index (κ2) is 5.82. The molecule has 5 heteroatoms. The molecule has 0 aliphatic rings. The molecule has 1 heterocycles. The van der Waals surface area contributed by atoms with Crippen molar-refractivity contribution >= 4 is 0 Å². The van der Waals surface area contributed by atoms with Crippen LogP contribution in [0.15, 0.2) is 0 Å². The molecule has 0 spiro atoms. The lowest BCUT2D eigenvalue weighted by Crippen LogP contribution is -2.26. The third-order valence-electron chi connectivity index (χ3n) is 2.37. The molecule has 86 valence electrons. The van der Waals surface area contributed by atoms with Crippen LogP contribution in [0.2, 0.25) is 0 Å². The van der Waals surface area contributed by atoms with Gasteiger partial charge in [-0.15, -0.1) is 0 Å². The number of aliphatic hydroxyl groups excluding tert-OH is 1. The molecule has 1 unspecified atom stereocenters. The van der Waals surface area contributed by atoms with E-state index in [0.717, 1.165) is 37.5 Å². The van der Waals surface area contributed by atoms with Crippen molar-refractivity contribution in [1.82, 2.24) is 14.8 Å². The quantitative estimate of drug-likeness (QED) is 0.702. The average Bonchev–Trinajstić information content (AvgIpc) is 2.68. The fraction of sp³-hybridized carbons (Fsp3) is 0.800. The van der Waals surface area contributed by atoms with E-state index in [9.17, 15) is 0 Å². The van der Waals surface area contributed by atoms with E-state index in [2.05, 4.69) is 17.0 Å². The second-order valence-corrected chi connectivity index (χ2v) is 3.61. The molecular weight excluding hydrogens is 192 g/mol. The Hall–Kier alpha value is -0.940. The summed E-state index contributed by atoms with van der Waals surface area (Å²) in [6.07, 6.45) is 2.46. The van der Waals surface area contributed by atoms with Crippen LogP contribution in [-0.2, 0) is 19.4 Å². The van der Waals surface area contributed by atoms with E-state index in [1.807, 2.05) is 11.6 Å². The van der Waals surface area contributed by atoms with Crippen molar-refractivity contribution in [2.24, 2.45) is 5.73 Å². The van der Waals surface area contributed by atoms with Crippen LogP contribution in [0.4, 0.5) is 0 Å². The number of rotatable bonds is 6. The highest BCUT2D eigenvalue weighted by atomic mass is 16.3. The molecule has 0 aromatic carbocycles. The molecule has 15 heavy (non-hydrogen) atoms. The normalized spacial score (nSPS) is 13.1. The minimum absolute atomic E-state index is 0.0246. The first-order valence-corrected chi connectivity index (χ1v) is 5.50. The lowest BCUT2D eigenvalue weighted by molar-refractivity contribution is 0.254. The third-order valence-corrected chi connectivity index (χ3v) is 2.37. The monoisotopic (exact) mass is 212 g/mol. The Morgan fingerprint density at radius 3 is 2.67 bits per heavy atom. The van der Waals surface area contributed by atoms with Gasteiger partial charge < -0.3 is 10.8 Å². The molecular formula is C10H20N4O. The molecule has 1 aromatic heterocycles. The van der Waals surface area contributed by atoms with Gasteiger partial charge in [0.1, 0.15) is 5.82 Å². The van der Waals surface area contributed by atoms with E-state index in [0.29, 0.717) is 0 Å². The predicted molar refractivity (Wildman–Crippen MR) is 58.5 cm³/mol. The maximum absolute atomic E-state index is 8.82. The Morgan fingerprint density at radius 1 is 1.40 bits per heavy atom. The number of nitrogens with zero attached hydrogens (tertiary/aromatic N) is 3. The average molecular weight is 212 g/mol. The van der Waals surface area contributed by atoms with Crippen molar-refractivity contribution in [3.05, 3.63) is 11.6 Å². The summed E-state index contributed by atoms with van der Waals surface area (Å²) in [6.45, 7) is 4.86. The number of hydrogen-bond acceptors (Lipinski definition) is 4. The molecule has 0 saturated carbocycles. The molecule has 1 aromatic rings. The summed E-state index contributed by atoms with van der Waals surface area (Å²) in [5.74, 6) is 1.88. The molecule has 0 amide bonds. The molecule has 0 fully saturated rings. The minimum atomic E-state index is -0.163. The zero-order chi connectivity index (χ0) is 11.3. The van der Waals surface area contributed by atoms with Crippen molar-refractivity contribution < 1.29 is 5.11 Å². The smallest absolute Gasteiger partial charge is 0.150 e. The Balaban J connectivity index is 2.62. The summed E-state index contributed by atoms with van der Waals surface area (Å²) in [7, 11) is 0. The number of aliphatic hydroxyl groups is 1. The van der Waals surface area contributed by atoms with Crippen LogP contribution >= 0.6 is 0 Å². The van der Waals surface area contributed by atoms with E-state index in [1.165, 1.54) is 0 Å². The summed E-state index contributed by atoms with van der Waals surface area (Å²) in [6, 6.07) is -0.163. The van der Waals surface area contributed by atoms with E-state index < -0.39 is 0 Å². The van der Waals surface area contributed by atoms with E-state index in [-0.39, 0.29) is 12.6 Å². The van der Waals surface area contributed by atoms with E-state index in [1.54, 1.807) is 0 Å². The molecule has 0 radical (unpaired) electrons. The maximum atomic E-state index is 8.82. The highest BCUT2D eigenvalue weighted by molar-refractivity contribution is 4.92. The first-order chi connectivity index (χ1) is 7.21. The highest BCUT2D eigenvalue weighted by Gasteiger charge is 2.08. The molecule has 0 bridgehead atoms. The van der Waals surface area contributed by atoms with E-state index in [4.69, 9.17) is 10.8 Å². The summed E-state index contributed by atoms with van der Waals surface area (Å²) in [5, 5.41) is 13.2. The van der Waals surface area contributed by atoms with Crippen molar-refractivity contribution in [2.75, 3.05) is 6.61 Å². The van der Waals surface area contributed by atoms with Crippen molar-refractivity contribution in [3.63, 3.8) is 0 Å². The molecule has 0 aliphatic heterocycles. The van der Waals surface area contributed by atoms with Crippen molar-refractivity contribution in [3.8, 4) is 0 Å². The summed E-state index contributed by atoms with van der Waals surface area (Å²) >= 11 is 0. The number of nitrogens with two attached hydrogens (primary N) is 1. The van der Waals surface area contributed by atoms with Crippen LogP contribution < -0.4 is 5.73 Å². The maximum Gasteiger partial charge on any atom is 0.150 e. The lowest BCUT2D eigenvalue weighted by Gasteiger charge is -2.08. The van der Waals surface area contributed by atoms with Gasteiger partial charge in [0.25, 0.3) is 0 Å². The molecule has 0 saturated heterocycles. The van der Waals surface area contributed by atoms with Crippen LogP contribution in [0.3, 0.4) is 0 Å². The standard InChI is InChI=1S/C10H20N4O/c1-3-9-12-10(4-2)14(13-9)6-5-8(11)7-15/h8,15H,3-7,11H2,1-2H3. The molecule has 0 aliphatic carbocycles. The molecule has 1 rings (SSSR count). The fourth-order valence-corrected chi connectivity index (χ4v) is 1.40. The van der Waals surface area contributed by atoms with Crippen LogP contribution in [-0.4, -0.2) is 32.5 Å². The number of hydrogen-bond donors (Lipinski definition) is 2. The first-order valence-electron chi connectivity index (χ1n) is 5.50. The zero-order valence-electron chi connectivity index (χ0n) is 9.48. The van der Waals surface area contributed by atoms with Crippen LogP contribution in [0.25, 0.3) is 0 Å². The van der Waals surface area contributed by atoms with Gasteiger partial charge in [-0.2, -0.15) is 5.10 Å². The van der Waals surface area contributed by atoms with Gasteiger partial charge in [-0.25, -0.2) is 9.67 Å². The van der Waals surface area contributed by atoms with Crippen molar-refractivity contribution in [1.29, 1.82) is 0 Å². The second-order valence-electron chi connectivity index (χ2n) is 3.61. The zero-order valence-corrected chi connectivity index (χ0v) is 9.48. The van der Waals surface area contributed by atoms with Crippen LogP contribution in [0.5, 0.6) is 0 Å². The summed E-state index contributed by atoms with van der Waals surface area (Å²) < 4.78 is 1.90. The van der Waals surface area contributed by atoms with Gasteiger partial charge in [0.15, 0.2) is 5.82 Å². The third kappa shape index (κ3) is 3.28. The Labute approximate surface area is 90.3 Å². The first kappa shape index (κ1) is 12.1. The summed E-state index contributed by atoms with van der Waals surface area (Å²) in [4.78, 5) is 4.40.